The lowest BCUT2D eigenvalue weighted by Crippen LogP contribution is -2.06. The predicted octanol–water partition coefficient (Wildman–Crippen LogP) is 2.01. The first-order valence-corrected chi connectivity index (χ1v) is 5.10. The zero-order chi connectivity index (χ0) is 12.3. The minimum absolute atomic E-state index is 0.461. The average molecular weight is 230 g/mol. The molecule has 0 saturated heterocycles. The van der Waals surface area contributed by atoms with Gasteiger partial charge in [0.1, 0.15) is 17.4 Å². The molecule has 0 amide bonds. The van der Waals surface area contributed by atoms with E-state index in [0.717, 1.165) is 11.4 Å². The number of nitrogens with one attached hydrogen (secondary N) is 1. The molecule has 0 aliphatic heterocycles. The summed E-state index contributed by atoms with van der Waals surface area (Å²) in [5.41, 5.74) is 6.44. The fourth-order valence-electron chi connectivity index (χ4n) is 1.39. The second kappa shape index (κ2) is 4.61. The van der Waals surface area contributed by atoms with Crippen LogP contribution in [0.1, 0.15) is 0 Å². The monoisotopic (exact) mass is 230 g/mol. The summed E-state index contributed by atoms with van der Waals surface area (Å²) in [6, 6.07) is 9.24. The number of hydrogen-bond donors (Lipinski definition) is 2. The predicted molar refractivity (Wildman–Crippen MR) is 68.6 cm³/mol. The molecule has 2 rings (SSSR count). The number of rotatable bonds is 4. The van der Waals surface area contributed by atoms with E-state index >= 15 is 0 Å². The molecule has 0 atom stereocenters. The lowest BCUT2D eigenvalue weighted by Gasteiger charge is -2.09. The largest absolute Gasteiger partial charge is 0.497 e. The van der Waals surface area contributed by atoms with Crippen LogP contribution in [0.4, 0.5) is 11.5 Å². The number of nitrogens with two attached hydrogens (primary N) is 1. The average Bonchev–Trinajstić information content (AvgIpc) is 2.77. The normalized spacial score (nSPS) is 9.94. The Hall–Kier alpha value is -2.43. The number of nitrogen functional groups attached to an aromatic ring is 1. The molecule has 88 valence electrons. The minimum Gasteiger partial charge on any atom is -0.497 e. The highest BCUT2D eigenvalue weighted by Gasteiger charge is 2.00. The standard InChI is InChI=1S/C12H14N4O/c1-9(16-8-7-12(13)15-16)14-10-3-5-11(17-2)6-4-10/h3-8,14H,1H2,2H3,(H2,13,15). The molecule has 1 aromatic carbocycles. The van der Waals surface area contributed by atoms with Crippen LogP contribution >= 0.6 is 0 Å². The third-order valence-electron chi connectivity index (χ3n) is 2.26. The Morgan fingerprint density at radius 1 is 1.35 bits per heavy atom. The van der Waals surface area contributed by atoms with Crippen molar-refractivity contribution in [2.45, 2.75) is 0 Å². The van der Waals surface area contributed by atoms with E-state index in [1.165, 1.54) is 0 Å². The van der Waals surface area contributed by atoms with Gasteiger partial charge in [-0.15, -0.1) is 5.10 Å². The molecule has 1 heterocycles. The second-order valence-electron chi connectivity index (χ2n) is 3.49. The molecule has 0 aliphatic carbocycles. The van der Waals surface area contributed by atoms with Gasteiger partial charge in [-0.1, -0.05) is 6.58 Å². The highest BCUT2D eigenvalue weighted by molar-refractivity contribution is 5.63. The number of methoxy groups -OCH3 is 1. The highest BCUT2D eigenvalue weighted by atomic mass is 16.5. The van der Waals surface area contributed by atoms with Gasteiger partial charge in [-0.2, -0.15) is 0 Å². The van der Waals surface area contributed by atoms with Crippen LogP contribution in [0.2, 0.25) is 0 Å². The van der Waals surface area contributed by atoms with Crippen LogP contribution in [0.15, 0.2) is 43.1 Å². The quantitative estimate of drug-likeness (QED) is 0.843. The molecular formula is C12H14N4O. The first kappa shape index (κ1) is 11.1. The first-order valence-electron chi connectivity index (χ1n) is 5.10. The van der Waals surface area contributed by atoms with E-state index in [1.54, 1.807) is 24.1 Å². The van der Waals surface area contributed by atoms with Crippen molar-refractivity contribution in [2.75, 3.05) is 18.2 Å². The molecule has 2 aromatic rings. The fourth-order valence-corrected chi connectivity index (χ4v) is 1.39. The van der Waals surface area contributed by atoms with Gasteiger partial charge in [0.2, 0.25) is 0 Å². The van der Waals surface area contributed by atoms with Gasteiger partial charge in [0.05, 0.1) is 7.11 Å². The Bertz CT molecular complexity index is 516. The third kappa shape index (κ3) is 2.57. The zero-order valence-electron chi connectivity index (χ0n) is 9.55. The SMILES string of the molecule is C=C(Nc1ccc(OC)cc1)n1ccc(N)n1. The van der Waals surface area contributed by atoms with Crippen molar-refractivity contribution in [3.8, 4) is 5.75 Å². The van der Waals surface area contributed by atoms with E-state index < -0.39 is 0 Å². The molecule has 0 aliphatic rings. The van der Waals surface area contributed by atoms with Crippen LogP contribution in [0.5, 0.6) is 5.75 Å². The lowest BCUT2D eigenvalue weighted by atomic mass is 10.3. The molecule has 0 saturated carbocycles. The van der Waals surface area contributed by atoms with Crippen LogP contribution < -0.4 is 15.8 Å². The van der Waals surface area contributed by atoms with Gasteiger partial charge < -0.3 is 15.8 Å². The van der Waals surface area contributed by atoms with Gasteiger partial charge in [0.25, 0.3) is 0 Å². The number of aromatic nitrogens is 2. The molecule has 5 nitrogen and oxygen atoms in total. The topological polar surface area (TPSA) is 65.1 Å². The molecule has 0 unspecified atom stereocenters. The number of anilines is 2. The van der Waals surface area contributed by atoms with E-state index in [0.29, 0.717) is 11.6 Å². The van der Waals surface area contributed by atoms with Crippen molar-refractivity contribution in [3.63, 3.8) is 0 Å². The van der Waals surface area contributed by atoms with E-state index in [4.69, 9.17) is 10.5 Å². The van der Waals surface area contributed by atoms with Gasteiger partial charge in [0, 0.05) is 18.0 Å². The molecular weight excluding hydrogens is 216 g/mol. The van der Waals surface area contributed by atoms with E-state index in [9.17, 15) is 0 Å². The maximum atomic E-state index is 5.53. The van der Waals surface area contributed by atoms with Crippen molar-refractivity contribution in [2.24, 2.45) is 0 Å². The highest BCUT2D eigenvalue weighted by Crippen LogP contribution is 2.17. The summed E-state index contributed by atoms with van der Waals surface area (Å²) >= 11 is 0. The van der Waals surface area contributed by atoms with Crippen molar-refractivity contribution < 1.29 is 4.74 Å². The van der Waals surface area contributed by atoms with E-state index in [1.807, 2.05) is 24.3 Å². The summed E-state index contributed by atoms with van der Waals surface area (Å²) < 4.78 is 6.66. The summed E-state index contributed by atoms with van der Waals surface area (Å²) in [7, 11) is 1.63. The number of nitrogens with zero attached hydrogens (tertiary/aromatic N) is 2. The Morgan fingerprint density at radius 2 is 2.06 bits per heavy atom. The lowest BCUT2D eigenvalue weighted by molar-refractivity contribution is 0.415. The molecule has 1 aromatic heterocycles. The van der Waals surface area contributed by atoms with Gasteiger partial charge >= 0.3 is 0 Å². The number of benzene rings is 1. The van der Waals surface area contributed by atoms with Crippen LogP contribution in [0.25, 0.3) is 5.82 Å². The summed E-state index contributed by atoms with van der Waals surface area (Å²) in [6.07, 6.45) is 1.74. The van der Waals surface area contributed by atoms with Crippen LogP contribution in [-0.4, -0.2) is 16.9 Å². The Labute approximate surface area is 99.5 Å². The zero-order valence-corrected chi connectivity index (χ0v) is 9.55. The number of hydrogen-bond acceptors (Lipinski definition) is 4. The van der Waals surface area contributed by atoms with Gasteiger partial charge in [0.15, 0.2) is 0 Å². The smallest absolute Gasteiger partial charge is 0.145 e. The second-order valence-corrected chi connectivity index (χ2v) is 3.49. The van der Waals surface area contributed by atoms with Crippen molar-refractivity contribution in [3.05, 3.63) is 43.1 Å². The van der Waals surface area contributed by atoms with E-state index in [2.05, 4.69) is 17.0 Å². The molecule has 5 heteroatoms. The van der Waals surface area contributed by atoms with Crippen LogP contribution in [0.3, 0.4) is 0 Å². The Balaban J connectivity index is 2.07. The summed E-state index contributed by atoms with van der Waals surface area (Å²) in [5, 5.41) is 7.17. The summed E-state index contributed by atoms with van der Waals surface area (Å²) in [4.78, 5) is 0. The molecule has 0 spiro atoms. The molecule has 17 heavy (non-hydrogen) atoms. The van der Waals surface area contributed by atoms with Crippen LogP contribution in [-0.2, 0) is 0 Å². The van der Waals surface area contributed by atoms with Crippen molar-refractivity contribution in [1.82, 2.24) is 9.78 Å². The van der Waals surface area contributed by atoms with Gasteiger partial charge in [-0.3, -0.25) is 0 Å². The first-order chi connectivity index (χ1) is 8.19. The maximum Gasteiger partial charge on any atom is 0.145 e. The Kier molecular flexibility index (Phi) is 3.00. The molecule has 3 N–H and O–H groups in total. The van der Waals surface area contributed by atoms with Crippen molar-refractivity contribution >= 4 is 17.3 Å². The molecule has 0 radical (unpaired) electrons. The van der Waals surface area contributed by atoms with E-state index in [-0.39, 0.29) is 0 Å². The molecule has 0 bridgehead atoms. The van der Waals surface area contributed by atoms with Crippen LogP contribution in [0, 0.1) is 0 Å². The molecule has 0 fully saturated rings. The minimum atomic E-state index is 0.461. The summed E-state index contributed by atoms with van der Waals surface area (Å²) in [6.45, 7) is 3.88. The summed E-state index contributed by atoms with van der Waals surface area (Å²) in [5.74, 6) is 1.90. The van der Waals surface area contributed by atoms with Gasteiger partial charge in [-0.05, 0) is 24.3 Å². The third-order valence-corrected chi connectivity index (χ3v) is 2.26. The van der Waals surface area contributed by atoms with Crippen molar-refractivity contribution in [1.29, 1.82) is 0 Å². The fraction of sp³-hybridized carbons (Fsp3) is 0.0833. The number of ether oxygens (including phenoxy) is 1. The van der Waals surface area contributed by atoms with Gasteiger partial charge in [-0.25, -0.2) is 4.68 Å². The Morgan fingerprint density at radius 3 is 2.59 bits per heavy atom. The maximum absolute atomic E-state index is 5.53.